The molecule has 1 amide bonds. The predicted octanol–water partition coefficient (Wildman–Crippen LogP) is 1.88. The summed E-state index contributed by atoms with van der Waals surface area (Å²) in [7, 11) is 0. The Kier molecular flexibility index (Phi) is 4.13. The van der Waals surface area contributed by atoms with Crippen molar-refractivity contribution in [1.82, 2.24) is 0 Å². The molecule has 0 heterocycles. The summed E-state index contributed by atoms with van der Waals surface area (Å²) in [4.78, 5) is 11.2. The van der Waals surface area contributed by atoms with Crippen molar-refractivity contribution in [3.8, 4) is 0 Å². The van der Waals surface area contributed by atoms with Gasteiger partial charge in [-0.25, -0.2) is 0 Å². The van der Waals surface area contributed by atoms with E-state index in [1.54, 1.807) is 0 Å². The molecule has 0 unspecified atom stereocenters. The minimum atomic E-state index is 0.0630. The summed E-state index contributed by atoms with van der Waals surface area (Å²) < 4.78 is 0. The van der Waals surface area contributed by atoms with Gasteiger partial charge >= 0.3 is 0 Å². The lowest BCUT2D eigenvalue weighted by molar-refractivity contribution is -0.116. The van der Waals surface area contributed by atoms with Crippen LogP contribution in [0.2, 0.25) is 0 Å². The summed E-state index contributed by atoms with van der Waals surface area (Å²) in [5.41, 5.74) is 7.36. The van der Waals surface area contributed by atoms with E-state index in [4.69, 9.17) is 5.73 Å². The summed E-state index contributed by atoms with van der Waals surface area (Å²) >= 11 is 0. The Balaban J connectivity index is 2.55. The molecule has 1 aromatic carbocycles. The van der Waals surface area contributed by atoms with Crippen LogP contribution < -0.4 is 11.1 Å². The zero-order valence-electron chi connectivity index (χ0n) is 8.42. The van der Waals surface area contributed by atoms with Gasteiger partial charge in [0.2, 0.25) is 5.91 Å². The molecule has 0 aromatic heterocycles. The van der Waals surface area contributed by atoms with Crippen molar-refractivity contribution in [3.63, 3.8) is 0 Å². The lowest BCUT2D eigenvalue weighted by Gasteiger charge is -2.04. The number of carbonyl (C=O) groups is 1. The Morgan fingerprint density at radius 3 is 2.50 bits per heavy atom. The molecule has 3 nitrogen and oxygen atoms in total. The van der Waals surface area contributed by atoms with E-state index in [2.05, 4.69) is 5.32 Å². The van der Waals surface area contributed by atoms with E-state index in [-0.39, 0.29) is 5.91 Å². The highest BCUT2D eigenvalue weighted by atomic mass is 16.1. The van der Waals surface area contributed by atoms with Gasteiger partial charge in [-0.2, -0.15) is 0 Å². The highest BCUT2D eigenvalue weighted by Gasteiger charge is 1.99. The van der Waals surface area contributed by atoms with E-state index < -0.39 is 0 Å². The Labute approximate surface area is 84.3 Å². The number of anilines is 1. The summed E-state index contributed by atoms with van der Waals surface area (Å²) in [6.45, 7) is 2.51. The van der Waals surface area contributed by atoms with E-state index in [0.29, 0.717) is 13.0 Å². The number of amides is 1. The van der Waals surface area contributed by atoms with Crippen LogP contribution in [0.15, 0.2) is 24.3 Å². The number of carbonyl (C=O) groups excluding carboxylic acids is 1. The maximum absolute atomic E-state index is 11.2. The average Bonchev–Trinajstić information content (AvgIpc) is 2.19. The number of benzene rings is 1. The molecule has 0 aliphatic carbocycles. The molecule has 0 saturated heterocycles. The van der Waals surface area contributed by atoms with Gasteiger partial charge < -0.3 is 11.1 Å². The number of hydrogen-bond acceptors (Lipinski definition) is 2. The van der Waals surface area contributed by atoms with Crippen LogP contribution in [-0.4, -0.2) is 5.91 Å². The molecule has 14 heavy (non-hydrogen) atoms. The molecule has 0 radical (unpaired) electrons. The molecule has 0 aliphatic heterocycles. The second-order valence-electron chi connectivity index (χ2n) is 3.20. The lowest BCUT2D eigenvalue weighted by atomic mass is 10.2. The zero-order valence-corrected chi connectivity index (χ0v) is 8.42. The highest BCUT2D eigenvalue weighted by Crippen LogP contribution is 2.09. The molecule has 0 fully saturated rings. The van der Waals surface area contributed by atoms with Crippen LogP contribution in [0.3, 0.4) is 0 Å². The number of nitrogens with two attached hydrogens (primary N) is 1. The first kappa shape index (κ1) is 10.7. The fourth-order valence-electron chi connectivity index (χ4n) is 1.17. The minimum absolute atomic E-state index is 0.0630. The first-order chi connectivity index (χ1) is 6.76. The topological polar surface area (TPSA) is 55.1 Å². The monoisotopic (exact) mass is 192 g/mol. The SMILES string of the molecule is CCCC(=O)Nc1ccc(CN)cc1. The maximum atomic E-state index is 11.2. The van der Waals surface area contributed by atoms with Crippen molar-refractivity contribution in [2.45, 2.75) is 26.3 Å². The number of hydrogen-bond donors (Lipinski definition) is 2. The average molecular weight is 192 g/mol. The molecule has 3 heteroatoms. The third-order valence-corrected chi connectivity index (χ3v) is 1.95. The molecule has 3 N–H and O–H groups in total. The summed E-state index contributed by atoms with van der Waals surface area (Å²) in [5.74, 6) is 0.0630. The van der Waals surface area contributed by atoms with Gasteiger partial charge in [0.15, 0.2) is 0 Å². The standard InChI is InChI=1S/C11H16N2O/c1-2-3-11(14)13-10-6-4-9(8-12)5-7-10/h4-7H,2-3,8,12H2,1H3,(H,13,14). The lowest BCUT2D eigenvalue weighted by Crippen LogP contribution is -2.10. The summed E-state index contributed by atoms with van der Waals surface area (Å²) in [5, 5.41) is 2.81. The van der Waals surface area contributed by atoms with Crippen LogP contribution in [0, 0.1) is 0 Å². The van der Waals surface area contributed by atoms with Crippen LogP contribution >= 0.6 is 0 Å². The van der Waals surface area contributed by atoms with Gasteiger partial charge in [0, 0.05) is 18.7 Å². The van der Waals surface area contributed by atoms with Gasteiger partial charge in [0.1, 0.15) is 0 Å². The molecule has 0 bridgehead atoms. The Bertz CT molecular complexity index is 293. The van der Waals surface area contributed by atoms with Crippen LogP contribution in [0.5, 0.6) is 0 Å². The van der Waals surface area contributed by atoms with Crippen molar-refractivity contribution in [3.05, 3.63) is 29.8 Å². The van der Waals surface area contributed by atoms with Crippen molar-refractivity contribution >= 4 is 11.6 Å². The molecule has 0 saturated carbocycles. The Morgan fingerprint density at radius 2 is 2.00 bits per heavy atom. The second kappa shape index (κ2) is 5.40. The van der Waals surface area contributed by atoms with Crippen molar-refractivity contribution in [1.29, 1.82) is 0 Å². The van der Waals surface area contributed by atoms with Gasteiger partial charge in [0.05, 0.1) is 0 Å². The van der Waals surface area contributed by atoms with Crippen molar-refractivity contribution < 1.29 is 4.79 Å². The van der Waals surface area contributed by atoms with Crippen molar-refractivity contribution in [2.24, 2.45) is 5.73 Å². The fraction of sp³-hybridized carbons (Fsp3) is 0.364. The molecule has 1 rings (SSSR count). The third-order valence-electron chi connectivity index (χ3n) is 1.95. The largest absolute Gasteiger partial charge is 0.326 e. The molecule has 0 spiro atoms. The van der Waals surface area contributed by atoms with Gasteiger partial charge in [-0.3, -0.25) is 4.79 Å². The van der Waals surface area contributed by atoms with E-state index in [0.717, 1.165) is 17.7 Å². The minimum Gasteiger partial charge on any atom is -0.326 e. The molecule has 0 aliphatic rings. The van der Waals surface area contributed by atoms with Crippen LogP contribution in [0.25, 0.3) is 0 Å². The smallest absolute Gasteiger partial charge is 0.224 e. The maximum Gasteiger partial charge on any atom is 0.224 e. The summed E-state index contributed by atoms with van der Waals surface area (Å²) in [6.07, 6.45) is 1.44. The summed E-state index contributed by atoms with van der Waals surface area (Å²) in [6, 6.07) is 7.58. The molecule has 1 aromatic rings. The van der Waals surface area contributed by atoms with Gasteiger partial charge in [-0.05, 0) is 24.1 Å². The quantitative estimate of drug-likeness (QED) is 0.765. The third kappa shape index (κ3) is 3.18. The van der Waals surface area contributed by atoms with E-state index in [1.165, 1.54) is 0 Å². The second-order valence-corrected chi connectivity index (χ2v) is 3.20. The van der Waals surface area contributed by atoms with Crippen LogP contribution in [0.1, 0.15) is 25.3 Å². The predicted molar refractivity (Wildman–Crippen MR) is 57.9 cm³/mol. The molecular weight excluding hydrogens is 176 g/mol. The molecule has 0 atom stereocenters. The molecular formula is C11H16N2O. The zero-order chi connectivity index (χ0) is 10.4. The van der Waals surface area contributed by atoms with Crippen molar-refractivity contribution in [2.75, 3.05) is 5.32 Å². The first-order valence-electron chi connectivity index (χ1n) is 4.85. The Hall–Kier alpha value is -1.35. The van der Waals surface area contributed by atoms with E-state index >= 15 is 0 Å². The normalized spacial score (nSPS) is 9.86. The first-order valence-corrected chi connectivity index (χ1v) is 4.85. The van der Waals surface area contributed by atoms with Gasteiger partial charge in [-0.15, -0.1) is 0 Å². The molecule has 76 valence electrons. The highest BCUT2D eigenvalue weighted by molar-refractivity contribution is 5.90. The van der Waals surface area contributed by atoms with Crippen LogP contribution in [0.4, 0.5) is 5.69 Å². The van der Waals surface area contributed by atoms with Crippen LogP contribution in [-0.2, 0) is 11.3 Å². The van der Waals surface area contributed by atoms with E-state index in [9.17, 15) is 4.79 Å². The van der Waals surface area contributed by atoms with Gasteiger partial charge in [-0.1, -0.05) is 19.1 Å². The Morgan fingerprint density at radius 1 is 1.36 bits per heavy atom. The van der Waals surface area contributed by atoms with E-state index in [1.807, 2.05) is 31.2 Å². The fourth-order valence-corrected chi connectivity index (χ4v) is 1.17. The number of rotatable bonds is 4. The number of nitrogens with one attached hydrogen (secondary N) is 1. The van der Waals surface area contributed by atoms with Gasteiger partial charge in [0.25, 0.3) is 0 Å².